The van der Waals surface area contributed by atoms with Gasteiger partial charge in [-0.3, -0.25) is 38.4 Å². The lowest BCUT2D eigenvalue weighted by atomic mass is 9.85. The molecule has 6 heterocycles. The van der Waals surface area contributed by atoms with Gasteiger partial charge in [-0.1, -0.05) is 45.0 Å². The zero-order valence-electron chi connectivity index (χ0n) is 40.8. The lowest BCUT2D eigenvalue weighted by Gasteiger charge is -2.35. The molecule has 3 atom stereocenters. The van der Waals surface area contributed by atoms with E-state index in [2.05, 4.69) is 41.4 Å². The van der Waals surface area contributed by atoms with Gasteiger partial charge in [0.2, 0.25) is 23.6 Å². The number of aromatic amines is 1. The van der Waals surface area contributed by atoms with E-state index in [1.54, 1.807) is 46.4 Å². The highest BCUT2D eigenvalue weighted by atomic mass is 32.1. The minimum Gasteiger partial charge on any atom is -0.391 e. The zero-order valence-corrected chi connectivity index (χ0v) is 41.6. The van der Waals surface area contributed by atoms with Gasteiger partial charge in [-0.25, -0.2) is 19.3 Å². The number of aromatic nitrogens is 6. The van der Waals surface area contributed by atoms with Crippen LogP contribution in [0, 0.1) is 18.2 Å². The van der Waals surface area contributed by atoms with E-state index < -0.39 is 35.3 Å². The number of anilines is 2. The molecule has 1 saturated carbocycles. The maximum absolute atomic E-state index is 15.7. The third-order valence-corrected chi connectivity index (χ3v) is 14.4. The maximum atomic E-state index is 15.7. The largest absolute Gasteiger partial charge is 0.391 e. The van der Waals surface area contributed by atoms with E-state index in [1.165, 1.54) is 17.0 Å². The predicted octanol–water partition coefficient (Wildman–Crippen LogP) is 4.77. The molecule has 4 aromatic heterocycles. The summed E-state index contributed by atoms with van der Waals surface area (Å²) >= 11 is 1.56. The second-order valence-corrected chi connectivity index (χ2v) is 20.8. The van der Waals surface area contributed by atoms with Crippen LogP contribution in [0.5, 0.6) is 0 Å². The van der Waals surface area contributed by atoms with Crippen LogP contribution in [0.2, 0.25) is 0 Å². The number of aliphatic hydroxyl groups is 1. The van der Waals surface area contributed by atoms with Crippen molar-refractivity contribution in [3.63, 3.8) is 0 Å². The van der Waals surface area contributed by atoms with Crippen LogP contribution in [-0.2, 0) is 25.7 Å². The topological polar surface area (TPSA) is 235 Å². The van der Waals surface area contributed by atoms with E-state index in [9.17, 15) is 29.1 Å². The van der Waals surface area contributed by atoms with Gasteiger partial charge in [0.05, 0.1) is 58.2 Å². The molecule has 72 heavy (non-hydrogen) atoms. The molecular formula is C51H60FN13O6S. The van der Waals surface area contributed by atoms with Crippen LogP contribution < -0.4 is 21.3 Å². The van der Waals surface area contributed by atoms with E-state index in [0.717, 1.165) is 51.5 Å². The Balaban J connectivity index is 0.703. The molecule has 6 aromatic rings. The Bertz CT molecular complexity index is 2940. The Morgan fingerprint density at radius 2 is 1.74 bits per heavy atom. The first-order valence-corrected chi connectivity index (χ1v) is 25.2. The molecule has 3 aliphatic rings. The van der Waals surface area contributed by atoms with Crippen molar-refractivity contribution < 1.29 is 33.5 Å². The van der Waals surface area contributed by atoms with Crippen LogP contribution in [0.25, 0.3) is 27.3 Å². The van der Waals surface area contributed by atoms with Gasteiger partial charge < -0.3 is 36.2 Å². The SMILES string of the molecule is Cc1ncsc1-c1ccc(CNC(=O)[C@@H]2C[C@@H](O)CN2C(=O)[C@@H](NC(=O)CCCNC(=O)CN2CCN(C(=O)c3ccc(Nc4nc(C5CC5)cn5c(-c6cn[nH]c6)cnc45)c(F)c3)CC2)C(C)(C)C)cc1. The fourth-order valence-electron chi connectivity index (χ4n) is 9.19. The molecule has 0 radical (unpaired) electrons. The Hall–Kier alpha value is -7.10. The van der Waals surface area contributed by atoms with Crippen molar-refractivity contribution in [2.45, 2.75) is 90.4 Å². The summed E-state index contributed by atoms with van der Waals surface area (Å²) in [5.74, 6) is -1.64. The Morgan fingerprint density at radius 3 is 2.42 bits per heavy atom. The van der Waals surface area contributed by atoms with Gasteiger partial charge in [0.1, 0.15) is 17.9 Å². The van der Waals surface area contributed by atoms with Crippen molar-refractivity contribution in [1.29, 1.82) is 0 Å². The molecule has 5 amide bonds. The van der Waals surface area contributed by atoms with Crippen molar-refractivity contribution >= 4 is 58.0 Å². The number of hydrogen-bond acceptors (Lipinski definition) is 13. The fourth-order valence-corrected chi connectivity index (χ4v) is 10.0. The summed E-state index contributed by atoms with van der Waals surface area (Å²) in [4.78, 5) is 86.9. The molecule has 2 aliphatic heterocycles. The van der Waals surface area contributed by atoms with Gasteiger partial charge in [-0.05, 0) is 60.9 Å². The molecule has 2 saturated heterocycles. The maximum Gasteiger partial charge on any atom is 0.254 e. The average molecular weight is 1000 g/mol. The summed E-state index contributed by atoms with van der Waals surface area (Å²) in [6, 6.07) is 10.3. The van der Waals surface area contributed by atoms with Crippen molar-refractivity contribution in [2.75, 3.05) is 51.1 Å². The highest BCUT2D eigenvalue weighted by Gasteiger charge is 2.44. The van der Waals surface area contributed by atoms with E-state index in [1.807, 2.05) is 67.5 Å². The van der Waals surface area contributed by atoms with Gasteiger partial charge in [0, 0.05) is 88.1 Å². The molecule has 1 aliphatic carbocycles. The van der Waals surface area contributed by atoms with Gasteiger partial charge in [0.15, 0.2) is 11.5 Å². The number of amides is 5. The summed E-state index contributed by atoms with van der Waals surface area (Å²) in [7, 11) is 0. The molecule has 9 rings (SSSR count). The standard InChI is InChI=1S/C51H60FN13O6S/c1-30-44(72-29-56-30)33-9-7-31(8-10-33)22-55-48(69)40-21-36(66)26-65(40)50(71)45(51(2,3)4)61-42(67)6-5-15-53-43(68)28-62-16-18-63(19-17-62)49(70)34-13-14-38(37(52)20-34)59-46-47-54-25-41(35-23-57-58-24-35)64(47)27-39(60-46)32-11-12-32/h7-10,13-14,20,23-25,27,29,32,36,40,45,66H,5-6,11-12,15-19,21-22,26,28H2,1-4H3,(H,53,68)(H,55,69)(H,57,58)(H,59,60)(H,61,67)/t36-,40+,45-/m1/s1. The molecule has 19 nitrogen and oxygen atoms in total. The third kappa shape index (κ3) is 11.5. The summed E-state index contributed by atoms with van der Waals surface area (Å²) in [6.07, 6.45) is 8.79. The van der Waals surface area contributed by atoms with E-state index in [0.29, 0.717) is 50.0 Å². The van der Waals surface area contributed by atoms with Crippen molar-refractivity contribution in [3.8, 4) is 21.7 Å². The van der Waals surface area contributed by atoms with Crippen molar-refractivity contribution in [3.05, 3.63) is 101 Å². The number of halogens is 1. The number of rotatable bonds is 17. The molecule has 3 fully saturated rings. The van der Waals surface area contributed by atoms with Gasteiger partial charge >= 0.3 is 0 Å². The number of carbonyl (C=O) groups excluding carboxylic acids is 5. The van der Waals surface area contributed by atoms with E-state index >= 15 is 4.39 Å². The number of hydrogen-bond donors (Lipinski definition) is 6. The molecule has 0 spiro atoms. The van der Waals surface area contributed by atoms with E-state index in [-0.39, 0.29) is 73.9 Å². The number of aryl methyl sites for hydroxylation is 1. The quantitative estimate of drug-likeness (QED) is 0.0679. The molecular weight excluding hydrogens is 942 g/mol. The molecule has 378 valence electrons. The molecule has 21 heteroatoms. The lowest BCUT2D eigenvalue weighted by Crippen LogP contribution is -2.57. The number of benzene rings is 2. The minimum atomic E-state index is -0.973. The second-order valence-electron chi connectivity index (χ2n) is 19.9. The highest BCUT2D eigenvalue weighted by molar-refractivity contribution is 7.13. The van der Waals surface area contributed by atoms with Crippen LogP contribution in [0.1, 0.15) is 86.1 Å². The average Bonchev–Trinajstić information content (AvgIpc) is 3.68. The number of imidazole rings is 1. The van der Waals surface area contributed by atoms with Crippen LogP contribution >= 0.6 is 11.3 Å². The van der Waals surface area contributed by atoms with Crippen LogP contribution in [0.4, 0.5) is 15.9 Å². The number of β-amino-alcohol motifs (C(OH)–C–C–N with tert-alkyl or cyclic N) is 1. The van der Waals surface area contributed by atoms with Crippen LogP contribution in [-0.4, -0.2) is 143 Å². The number of thiazole rings is 1. The molecule has 0 unspecified atom stereocenters. The van der Waals surface area contributed by atoms with Crippen LogP contribution in [0.3, 0.4) is 0 Å². The monoisotopic (exact) mass is 1000 g/mol. The van der Waals surface area contributed by atoms with Crippen LogP contribution in [0.15, 0.2) is 72.8 Å². The van der Waals surface area contributed by atoms with Gasteiger partial charge in [-0.15, -0.1) is 11.3 Å². The predicted molar refractivity (Wildman–Crippen MR) is 268 cm³/mol. The lowest BCUT2D eigenvalue weighted by molar-refractivity contribution is -0.144. The Labute approximate surface area is 420 Å². The Kier molecular flexibility index (Phi) is 14.8. The first-order valence-electron chi connectivity index (χ1n) is 24.4. The number of H-pyrrole nitrogens is 1. The Morgan fingerprint density at radius 1 is 0.958 bits per heavy atom. The number of fused-ring (bicyclic) bond motifs is 1. The smallest absolute Gasteiger partial charge is 0.254 e. The van der Waals surface area contributed by atoms with Crippen molar-refractivity contribution in [2.24, 2.45) is 5.41 Å². The number of aliphatic hydroxyl groups excluding tert-OH is 1. The number of carbonyl (C=O) groups is 5. The number of piperazine rings is 1. The highest BCUT2D eigenvalue weighted by Crippen LogP contribution is 2.41. The first-order chi connectivity index (χ1) is 34.6. The fraction of sp³-hybridized carbons (Fsp3) is 0.431. The third-order valence-electron chi connectivity index (χ3n) is 13.4. The normalized spacial score (nSPS) is 17.8. The summed E-state index contributed by atoms with van der Waals surface area (Å²) in [6.45, 7) is 9.54. The molecule has 6 N–H and O–H groups in total. The number of nitrogens with zero attached hydrogens (tertiary/aromatic N) is 8. The van der Waals surface area contributed by atoms with Gasteiger partial charge in [0.25, 0.3) is 5.91 Å². The second kappa shape index (κ2) is 21.3. The number of nitrogens with one attached hydrogen (secondary N) is 5. The molecule has 0 bridgehead atoms. The summed E-state index contributed by atoms with van der Waals surface area (Å²) in [5, 5.41) is 29.3. The minimum absolute atomic E-state index is 0.0351. The van der Waals surface area contributed by atoms with Gasteiger partial charge in [-0.2, -0.15) is 5.10 Å². The van der Waals surface area contributed by atoms with Crippen molar-refractivity contribution in [1.82, 2.24) is 60.2 Å². The first kappa shape index (κ1) is 49.9. The summed E-state index contributed by atoms with van der Waals surface area (Å²) in [5.41, 5.74) is 7.42. The zero-order chi connectivity index (χ0) is 50.7. The van der Waals surface area contributed by atoms with E-state index in [4.69, 9.17) is 4.98 Å². The molecule has 2 aromatic carbocycles. The summed E-state index contributed by atoms with van der Waals surface area (Å²) < 4.78 is 17.6. The number of likely N-dealkylation sites (tertiary alicyclic amines) is 1.